The fraction of sp³-hybridized carbons (Fsp3) is 0.0714. The minimum absolute atomic E-state index is 0.211. The van der Waals surface area contributed by atoms with Crippen molar-refractivity contribution >= 4 is 27.9 Å². The molecule has 22 heavy (non-hydrogen) atoms. The van der Waals surface area contributed by atoms with Crippen molar-refractivity contribution in [3.63, 3.8) is 0 Å². The van der Waals surface area contributed by atoms with Crippen LogP contribution in [0.15, 0.2) is 35.4 Å². The maximum Gasteiger partial charge on any atom is 0.271 e. The highest BCUT2D eigenvalue weighted by molar-refractivity contribution is 7.16. The van der Waals surface area contributed by atoms with Gasteiger partial charge in [-0.15, -0.1) is 11.3 Å². The van der Waals surface area contributed by atoms with Crippen molar-refractivity contribution in [2.24, 2.45) is 0 Å². The number of hydrogen-bond acceptors (Lipinski definition) is 4. The highest BCUT2D eigenvalue weighted by atomic mass is 32.1. The highest BCUT2D eigenvalue weighted by Gasteiger charge is 2.16. The molecule has 0 atom stereocenters. The zero-order valence-corrected chi connectivity index (χ0v) is 12.1. The maximum absolute atomic E-state index is 13.5. The summed E-state index contributed by atoms with van der Waals surface area (Å²) >= 11 is 1.31. The predicted molar refractivity (Wildman–Crippen MR) is 78.4 cm³/mol. The van der Waals surface area contributed by atoms with E-state index in [-0.39, 0.29) is 11.3 Å². The van der Waals surface area contributed by atoms with Gasteiger partial charge in [-0.25, -0.2) is 13.8 Å². The summed E-state index contributed by atoms with van der Waals surface area (Å²) in [5, 5.41) is 2.24. The zero-order valence-electron chi connectivity index (χ0n) is 11.3. The first-order valence-corrected chi connectivity index (χ1v) is 7.01. The first-order valence-electron chi connectivity index (χ1n) is 6.20. The van der Waals surface area contributed by atoms with Crippen molar-refractivity contribution in [2.45, 2.75) is 6.92 Å². The van der Waals surface area contributed by atoms with Gasteiger partial charge in [0.05, 0.1) is 5.69 Å². The first-order chi connectivity index (χ1) is 10.5. The van der Waals surface area contributed by atoms with Crippen molar-refractivity contribution < 1.29 is 13.6 Å². The second kappa shape index (κ2) is 5.30. The van der Waals surface area contributed by atoms with E-state index in [9.17, 15) is 18.4 Å². The van der Waals surface area contributed by atoms with Gasteiger partial charge >= 0.3 is 0 Å². The fourth-order valence-corrected chi connectivity index (χ4v) is 2.72. The summed E-state index contributed by atoms with van der Waals surface area (Å²) in [4.78, 5) is 29.7. The molecule has 1 aromatic carbocycles. The van der Waals surface area contributed by atoms with Crippen LogP contribution < -0.4 is 10.9 Å². The number of nitrogens with one attached hydrogen (secondary N) is 1. The van der Waals surface area contributed by atoms with Gasteiger partial charge in [-0.1, -0.05) is 0 Å². The Morgan fingerprint density at radius 3 is 2.86 bits per heavy atom. The number of halogens is 2. The molecule has 2 aromatic heterocycles. The molecule has 0 aliphatic carbocycles. The van der Waals surface area contributed by atoms with Crippen LogP contribution in [0.4, 0.5) is 14.5 Å². The lowest BCUT2D eigenvalue weighted by atomic mass is 10.2. The van der Waals surface area contributed by atoms with E-state index in [2.05, 4.69) is 10.3 Å². The molecule has 3 rings (SSSR count). The number of carbonyl (C=O) groups is 1. The first kappa shape index (κ1) is 14.3. The quantitative estimate of drug-likeness (QED) is 0.789. The molecule has 0 aliphatic heterocycles. The summed E-state index contributed by atoms with van der Waals surface area (Å²) < 4.78 is 27.6. The summed E-state index contributed by atoms with van der Waals surface area (Å²) in [5.41, 5.74) is -0.981. The summed E-state index contributed by atoms with van der Waals surface area (Å²) in [5.74, 6) is -2.48. The number of amides is 1. The molecule has 2 heterocycles. The molecular formula is C14H9F2N3O2S. The van der Waals surface area contributed by atoms with E-state index < -0.39 is 23.1 Å². The third-order valence-corrected chi connectivity index (χ3v) is 3.86. The van der Waals surface area contributed by atoms with Crippen molar-refractivity contribution in [3.8, 4) is 0 Å². The number of aromatic nitrogens is 2. The van der Waals surface area contributed by atoms with Crippen LogP contribution in [0.2, 0.25) is 0 Å². The summed E-state index contributed by atoms with van der Waals surface area (Å²) in [6.07, 6.45) is 2.72. The van der Waals surface area contributed by atoms with Gasteiger partial charge in [0.2, 0.25) is 0 Å². The lowest BCUT2D eigenvalue weighted by Gasteiger charge is -2.06. The molecule has 0 fully saturated rings. The van der Waals surface area contributed by atoms with Gasteiger partial charge < -0.3 is 5.32 Å². The second-order valence-corrected chi connectivity index (χ2v) is 5.76. The van der Waals surface area contributed by atoms with Crippen LogP contribution in [0.25, 0.3) is 4.96 Å². The third-order valence-electron chi connectivity index (χ3n) is 2.95. The number of anilines is 1. The Balaban J connectivity index is 1.98. The standard InChI is InChI=1S/C14H9F2N3O2S/c1-7-6-19-13(21)9(5-17-14(19)22-7)12(20)18-11-3-2-8(15)4-10(11)16/h2-6H,1H3,(H,18,20). The normalized spacial score (nSPS) is 10.9. The maximum atomic E-state index is 13.5. The van der Waals surface area contributed by atoms with Crippen molar-refractivity contribution in [1.29, 1.82) is 0 Å². The Labute approximate surface area is 126 Å². The Bertz CT molecular complexity index is 949. The molecule has 1 N–H and O–H groups in total. The van der Waals surface area contributed by atoms with Gasteiger partial charge in [0.1, 0.15) is 17.2 Å². The van der Waals surface area contributed by atoms with Gasteiger partial charge in [-0.05, 0) is 19.1 Å². The molecular weight excluding hydrogens is 312 g/mol. The fourth-order valence-electron chi connectivity index (χ4n) is 1.93. The number of aryl methyl sites for hydroxylation is 1. The van der Waals surface area contributed by atoms with Crippen LogP contribution >= 0.6 is 11.3 Å². The Hall–Kier alpha value is -2.61. The second-order valence-electron chi connectivity index (χ2n) is 4.55. The number of hydrogen-bond donors (Lipinski definition) is 1. The zero-order chi connectivity index (χ0) is 15.9. The van der Waals surface area contributed by atoms with Gasteiger partial charge in [-0.2, -0.15) is 0 Å². The summed E-state index contributed by atoms with van der Waals surface area (Å²) in [7, 11) is 0. The van der Waals surface area contributed by atoms with Crippen LogP contribution in [-0.2, 0) is 0 Å². The van der Waals surface area contributed by atoms with E-state index >= 15 is 0 Å². The topological polar surface area (TPSA) is 63.5 Å². The SMILES string of the molecule is Cc1cn2c(=O)c(C(=O)Nc3ccc(F)cc3F)cnc2s1. The third kappa shape index (κ3) is 2.48. The Morgan fingerprint density at radius 2 is 2.14 bits per heavy atom. The minimum Gasteiger partial charge on any atom is -0.319 e. The Kier molecular flexibility index (Phi) is 3.45. The molecule has 0 saturated heterocycles. The summed E-state index contributed by atoms with van der Waals surface area (Å²) in [6.45, 7) is 1.81. The molecule has 0 aliphatic rings. The number of rotatable bonds is 2. The molecule has 0 radical (unpaired) electrons. The van der Waals surface area contributed by atoms with Gasteiger partial charge in [0, 0.05) is 23.3 Å². The number of nitrogens with zero attached hydrogens (tertiary/aromatic N) is 2. The number of benzene rings is 1. The molecule has 8 heteroatoms. The lowest BCUT2D eigenvalue weighted by Crippen LogP contribution is -2.26. The molecule has 1 amide bonds. The molecule has 5 nitrogen and oxygen atoms in total. The minimum atomic E-state index is -0.922. The van der Waals surface area contributed by atoms with Crippen LogP contribution in [0.5, 0.6) is 0 Å². The largest absolute Gasteiger partial charge is 0.319 e. The molecule has 0 spiro atoms. The summed E-state index contributed by atoms with van der Waals surface area (Å²) in [6, 6.07) is 2.74. The average Bonchev–Trinajstić information content (AvgIpc) is 2.84. The average molecular weight is 321 g/mol. The molecule has 3 aromatic rings. The Morgan fingerprint density at radius 1 is 1.36 bits per heavy atom. The van der Waals surface area contributed by atoms with E-state index in [1.807, 2.05) is 6.92 Å². The van der Waals surface area contributed by atoms with Crippen LogP contribution in [0.3, 0.4) is 0 Å². The van der Waals surface area contributed by atoms with Crippen molar-refractivity contribution in [1.82, 2.24) is 9.38 Å². The number of fused-ring (bicyclic) bond motifs is 1. The van der Waals surface area contributed by atoms with Crippen molar-refractivity contribution in [3.05, 3.63) is 63.0 Å². The van der Waals surface area contributed by atoms with Crippen LogP contribution in [-0.4, -0.2) is 15.3 Å². The smallest absolute Gasteiger partial charge is 0.271 e. The molecule has 0 unspecified atom stereocenters. The molecule has 112 valence electrons. The van der Waals surface area contributed by atoms with E-state index in [1.54, 1.807) is 6.20 Å². The van der Waals surface area contributed by atoms with Crippen molar-refractivity contribution in [2.75, 3.05) is 5.32 Å². The monoisotopic (exact) mass is 321 g/mol. The highest BCUT2D eigenvalue weighted by Crippen LogP contribution is 2.16. The van der Waals surface area contributed by atoms with E-state index in [0.717, 1.165) is 23.2 Å². The van der Waals surface area contributed by atoms with Crippen LogP contribution in [0.1, 0.15) is 15.2 Å². The van der Waals surface area contributed by atoms with E-state index in [0.29, 0.717) is 11.0 Å². The van der Waals surface area contributed by atoms with Gasteiger partial charge in [0.15, 0.2) is 4.96 Å². The predicted octanol–water partition coefficient (Wildman–Crippen LogP) is 2.59. The van der Waals surface area contributed by atoms with Gasteiger partial charge in [0.25, 0.3) is 11.5 Å². The molecule has 0 saturated carbocycles. The number of thiazole rings is 1. The molecule has 0 bridgehead atoms. The number of carbonyl (C=O) groups excluding carboxylic acids is 1. The van der Waals surface area contributed by atoms with E-state index in [1.165, 1.54) is 15.7 Å². The lowest BCUT2D eigenvalue weighted by molar-refractivity contribution is 0.102. The van der Waals surface area contributed by atoms with Crippen LogP contribution in [0, 0.1) is 18.6 Å². The van der Waals surface area contributed by atoms with E-state index in [4.69, 9.17) is 0 Å². The van der Waals surface area contributed by atoms with Gasteiger partial charge in [-0.3, -0.25) is 14.0 Å².